The fourth-order valence-electron chi connectivity index (χ4n) is 0.901. The number of nitrogens with two attached hydrogens (primary N) is 1. The maximum absolute atomic E-state index is 10.8. The molecule has 0 aromatic carbocycles. The van der Waals surface area contributed by atoms with Gasteiger partial charge in [-0.25, -0.2) is 0 Å². The van der Waals surface area contributed by atoms with Crippen molar-refractivity contribution in [3.05, 3.63) is 11.3 Å². The van der Waals surface area contributed by atoms with Crippen molar-refractivity contribution in [1.82, 2.24) is 0 Å². The van der Waals surface area contributed by atoms with Crippen LogP contribution in [0, 0.1) is 0 Å². The van der Waals surface area contributed by atoms with Gasteiger partial charge in [-0.2, -0.15) is 0 Å². The van der Waals surface area contributed by atoms with E-state index in [0.717, 1.165) is 18.4 Å². The molecule has 0 aromatic rings. The highest BCUT2D eigenvalue weighted by Gasteiger charge is 2.03. The van der Waals surface area contributed by atoms with Crippen molar-refractivity contribution < 1.29 is 4.79 Å². The van der Waals surface area contributed by atoms with Crippen LogP contribution in [0.2, 0.25) is 0 Å². The predicted molar refractivity (Wildman–Crippen MR) is 42.5 cm³/mol. The van der Waals surface area contributed by atoms with Crippen LogP contribution in [-0.4, -0.2) is 5.78 Å². The summed E-state index contributed by atoms with van der Waals surface area (Å²) in [5.74, 6) is 0.0989. The van der Waals surface area contributed by atoms with Crippen molar-refractivity contribution in [2.75, 3.05) is 0 Å². The second kappa shape index (κ2) is 4.09. The lowest BCUT2D eigenvalue weighted by atomic mass is 10.1. The van der Waals surface area contributed by atoms with Crippen molar-refractivity contribution in [1.29, 1.82) is 0 Å². The summed E-state index contributed by atoms with van der Waals surface area (Å²) in [5, 5.41) is 0. The molecule has 58 valence electrons. The van der Waals surface area contributed by atoms with Crippen LogP contribution in [0.4, 0.5) is 0 Å². The SMILES string of the molecule is CCCC(C(C)=O)=C(C)N. The standard InChI is InChI=1S/C8H15NO/c1-4-5-8(6(2)9)7(3)10/h4-5,9H2,1-3H3. The smallest absolute Gasteiger partial charge is 0.157 e. The minimum Gasteiger partial charge on any atom is -0.402 e. The third-order valence-electron chi connectivity index (χ3n) is 1.40. The zero-order chi connectivity index (χ0) is 8.15. The quantitative estimate of drug-likeness (QED) is 0.607. The van der Waals surface area contributed by atoms with E-state index in [2.05, 4.69) is 0 Å². The van der Waals surface area contributed by atoms with Crippen LogP contribution >= 0.6 is 0 Å². The van der Waals surface area contributed by atoms with E-state index >= 15 is 0 Å². The van der Waals surface area contributed by atoms with E-state index in [0.29, 0.717) is 5.70 Å². The van der Waals surface area contributed by atoms with E-state index in [1.54, 1.807) is 13.8 Å². The summed E-state index contributed by atoms with van der Waals surface area (Å²) in [7, 11) is 0. The Hall–Kier alpha value is -0.790. The number of allylic oxidation sites excluding steroid dienone is 2. The Morgan fingerprint density at radius 2 is 1.90 bits per heavy atom. The van der Waals surface area contributed by atoms with Crippen LogP contribution in [-0.2, 0) is 4.79 Å². The van der Waals surface area contributed by atoms with Crippen LogP contribution < -0.4 is 5.73 Å². The zero-order valence-electron chi connectivity index (χ0n) is 6.90. The first-order valence-corrected chi connectivity index (χ1v) is 3.55. The molecule has 2 heteroatoms. The topological polar surface area (TPSA) is 43.1 Å². The Bertz CT molecular complexity index is 155. The maximum Gasteiger partial charge on any atom is 0.157 e. The summed E-state index contributed by atoms with van der Waals surface area (Å²) in [4.78, 5) is 10.8. The Balaban J connectivity index is 4.28. The predicted octanol–water partition coefficient (Wildman–Crippen LogP) is 1.61. The Morgan fingerprint density at radius 3 is 2.00 bits per heavy atom. The Labute approximate surface area is 62.1 Å². The van der Waals surface area contributed by atoms with Gasteiger partial charge < -0.3 is 5.73 Å². The van der Waals surface area contributed by atoms with Gasteiger partial charge in [0, 0.05) is 11.3 Å². The molecule has 0 heterocycles. The lowest BCUT2D eigenvalue weighted by molar-refractivity contribution is -0.113. The van der Waals surface area contributed by atoms with Gasteiger partial charge in [0.25, 0.3) is 0 Å². The van der Waals surface area contributed by atoms with E-state index in [-0.39, 0.29) is 5.78 Å². The number of hydrogen-bond acceptors (Lipinski definition) is 2. The molecule has 0 bridgehead atoms. The minimum atomic E-state index is 0.0989. The van der Waals surface area contributed by atoms with E-state index in [1.165, 1.54) is 0 Å². The second-order valence-corrected chi connectivity index (χ2v) is 2.47. The van der Waals surface area contributed by atoms with Gasteiger partial charge in [0.2, 0.25) is 0 Å². The number of hydrogen-bond donors (Lipinski definition) is 1. The molecule has 0 atom stereocenters. The summed E-state index contributed by atoms with van der Waals surface area (Å²) in [6.07, 6.45) is 1.78. The van der Waals surface area contributed by atoms with Crippen molar-refractivity contribution in [2.24, 2.45) is 5.73 Å². The summed E-state index contributed by atoms with van der Waals surface area (Å²) < 4.78 is 0. The van der Waals surface area contributed by atoms with Crippen LogP contribution in [0.25, 0.3) is 0 Å². The third-order valence-corrected chi connectivity index (χ3v) is 1.40. The maximum atomic E-state index is 10.8. The third kappa shape index (κ3) is 2.67. The van der Waals surface area contributed by atoms with Crippen LogP contribution in [0.1, 0.15) is 33.6 Å². The van der Waals surface area contributed by atoms with Gasteiger partial charge in [0.1, 0.15) is 0 Å². The van der Waals surface area contributed by atoms with Crippen LogP contribution in [0.5, 0.6) is 0 Å². The molecule has 0 spiro atoms. The first kappa shape index (κ1) is 9.21. The number of carbonyl (C=O) groups is 1. The highest BCUT2D eigenvalue weighted by Crippen LogP contribution is 2.07. The minimum absolute atomic E-state index is 0.0989. The number of ketones is 1. The molecule has 0 saturated heterocycles. The van der Waals surface area contributed by atoms with E-state index < -0.39 is 0 Å². The Morgan fingerprint density at radius 1 is 1.40 bits per heavy atom. The molecule has 0 aliphatic carbocycles. The molecule has 0 amide bonds. The lowest BCUT2D eigenvalue weighted by Crippen LogP contribution is -2.05. The van der Waals surface area contributed by atoms with Gasteiger partial charge in [-0.3, -0.25) is 4.79 Å². The van der Waals surface area contributed by atoms with Gasteiger partial charge >= 0.3 is 0 Å². The van der Waals surface area contributed by atoms with Crippen molar-refractivity contribution in [3.63, 3.8) is 0 Å². The van der Waals surface area contributed by atoms with Crippen molar-refractivity contribution in [3.8, 4) is 0 Å². The number of rotatable bonds is 3. The molecule has 0 saturated carbocycles. The normalized spacial score (nSPS) is 12.7. The molecule has 0 aliphatic rings. The van der Waals surface area contributed by atoms with E-state index in [1.807, 2.05) is 6.92 Å². The molecule has 2 nitrogen and oxygen atoms in total. The summed E-state index contributed by atoms with van der Waals surface area (Å²) >= 11 is 0. The van der Waals surface area contributed by atoms with E-state index in [4.69, 9.17) is 5.73 Å². The highest BCUT2D eigenvalue weighted by atomic mass is 16.1. The van der Waals surface area contributed by atoms with Gasteiger partial charge in [-0.1, -0.05) is 13.3 Å². The molecule has 0 unspecified atom stereocenters. The largest absolute Gasteiger partial charge is 0.402 e. The van der Waals surface area contributed by atoms with Gasteiger partial charge in [-0.05, 0) is 20.3 Å². The summed E-state index contributed by atoms with van der Waals surface area (Å²) in [6, 6.07) is 0. The van der Waals surface area contributed by atoms with Crippen molar-refractivity contribution in [2.45, 2.75) is 33.6 Å². The molecule has 10 heavy (non-hydrogen) atoms. The van der Waals surface area contributed by atoms with Gasteiger partial charge in [0.15, 0.2) is 5.78 Å². The van der Waals surface area contributed by atoms with Gasteiger partial charge in [-0.15, -0.1) is 0 Å². The fourth-order valence-corrected chi connectivity index (χ4v) is 0.901. The fraction of sp³-hybridized carbons (Fsp3) is 0.625. The molecule has 0 aromatic heterocycles. The van der Waals surface area contributed by atoms with Gasteiger partial charge in [0.05, 0.1) is 0 Å². The summed E-state index contributed by atoms with van der Waals surface area (Å²) in [5.41, 5.74) is 6.92. The molecule has 0 fully saturated rings. The average Bonchev–Trinajstić information content (AvgIpc) is 1.81. The van der Waals surface area contributed by atoms with Crippen LogP contribution in [0.3, 0.4) is 0 Å². The Kier molecular flexibility index (Phi) is 3.77. The molecular formula is C8H15NO. The van der Waals surface area contributed by atoms with Crippen LogP contribution in [0.15, 0.2) is 11.3 Å². The molecule has 0 radical (unpaired) electrons. The first-order chi connectivity index (χ1) is 4.59. The first-order valence-electron chi connectivity index (χ1n) is 3.55. The van der Waals surface area contributed by atoms with Crippen molar-refractivity contribution >= 4 is 5.78 Å². The molecule has 0 aliphatic heterocycles. The number of carbonyl (C=O) groups excluding carboxylic acids is 1. The monoisotopic (exact) mass is 141 g/mol. The summed E-state index contributed by atoms with van der Waals surface area (Å²) in [6.45, 7) is 5.36. The average molecular weight is 141 g/mol. The number of Topliss-reactive ketones (excluding diaryl/α,β-unsaturated/α-hetero) is 1. The molecule has 0 rings (SSSR count). The highest BCUT2D eigenvalue weighted by molar-refractivity contribution is 5.93. The second-order valence-electron chi connectivity index (χ2n) is 2.47. The van der Waals surface area contributed by atoms with E-state index in [9.17, 15) is 4.79 Å². The lowest BCUT2D eigenvalue weighted by Gasteiger charge is -2.02. The molecule has 2 N–H and O–H groups in total. The zero-order valence-corrected chi connectivity index (χ0v) is 6.90. The molecular weight excluding hydrogens is 126 g/mol.